The Morgan fingerprint density at radius 1 is 0.576 bits per heavy atom. The molecule has 0 aromatic carbocycles. The van der Waals surface area contributed by atoms with Crippen LogP contribution < -0.4 is 0 Å². The van der Waals surface area contributed by atoms with Crippen LogP contribution in [0.25, 0.3) is 0 Å². The summed E-state index contributed by atoms with van der Waals surface area (Å²) in [6.45, 7) is 4.84. The fraction of sp³-hybridized carbons (Fsp3) is 0.714. The van der Waals surface area contributed by atoms with Gasteiger partial charge in [0.05, 0.1) is 13.2 Å². The molecule has 0 saturated carbocycles. The van der Waals surface area contributed by atoms with Crippen LogP contribution in [0.4, 0.5) is 0 Å². The fourth-order valence-corrected chi connectivity index (χ4v) is 6.56. The highest BCUT2D eigenvalue weighted by molar-refractivity contribution is 5.70. The Morgan fingerprint density at radius 3 is 1.59 bits per heavy atom. The number of unbranched alkanes of at least 4 members (excludes halogenated alkanes) is 16. The molecule has 10 heteroatoms. The van der Waals surface area contributed by atoms with Crippen molar-refractivity contribution in [2.75, 3.05) is 19.8 Å². The summed E-state index contributed by atoms with van der Waals surface area (Å²) in [7, 11) is 0. The van der Waals surface area contributed by atoms with Gasteiger partial charge in [0.1, 0.15) is 31.0 Å². The summed E-state index contributed by atoms with van der Waals surface area (Å²) >= 11 is 0. The molecule has 6 atom stereocenters. The molecule has 1 rings (SSSR count). The lowest BCUT2D eigenvalue weighted by molar-refractivity contribution is -0.305. The van der Waals surface area contributed by atoms with Gasteiger partial charge in [-0.15, -0.1) is 6.58 Å². The van der Waals surface area contributed by atoms with Crippen molar-refractivity contribution in [1.82, 2.24) is 0 Å². The summed E-state index contributed by atoms with van der Waals surface area (Å²) in [6.07, 6.45) is 40.9. The van der Waals surface area contributed by atoms with Crippen molar-refractivity contribution in [2.45, 2.75) is 204 Å². The van der Waals surface area contributed by atoms with E-state index < -0.39 is 55.4 Å². The summed E-state index contributed by atoms with van der Waals surface area (Å²) in [5, 5.41) is 40.1. The van der Waals surface area contributed by atoms with E-state index in [0.29, 0.717) is 12.8 Å². The minimum atomic E-state index is -1.61. The molecule has 0 radical (unpaired) electrons. The fourth-order valence-electron chi connectivity index (χ4n) is 6.56. The number of aliphatic hydroxyl groups is 4. The number of rotatable bonds is 38. The first kappa shape index (κ1) is 54.2. The summed E-state index contributed by atoms with van der Waals surface area (Å²) in [5.41, 5.74) is 0. The lowest BCUT2D eigenvalue weighted by atomic mass is 9.99. The molecule has 1 heterocycles. The van der Waals surface area contributed by atoms with Gasteiger partial charge in [0.25, 0.3) is 0 Å². The number of hydrogen-bond donors (Lipinski definition) is 4. The van der Waals surface area contributed by atoms with Gasteiger partial charge in [0.2, 0.25) is 0 Å². The Kier molecular flexibility index (Phi) is 36.1. The second-order valence-electron chi connectivity index (χ2n) is 15.6. The van der Waals surface area contributed by atoms with Crippen molar-refractivity contribution >= 4 is 11.9 Å². The van der Waals surface area contributed by atoms with Crippen LogP contribution in [0, 0.1) is 0 Å². The van der Waals surface area contributed by atoms with Crippen molar-refractivity contribution in [1.29, 1.82) is 0 Å². The number of aliphatic hydroxyl groups excluding tert-OH is 4. The van der Waals surface area contributed by atoms with E-state index in [2.05, 4.69) is 62.1 Å². The molecule has 1 aliphatic heterocycles. The second kappa shape index (κ2) is 39.3. The topological polar surface area (TPSA) is 152 Å². The van der Waals surface area contributed by atoms with Gasteiger partial charge >= 0.3 is 11.9 Å². The molecule has 0 spiro atoms. The highest BCUT2D eigenvalue weighted by atomic mass is 16.7. The summed E-state index contributed by atoms with van der Waals surface area (Å²) in [6, 6.07) is 0. The van der Waals surface area contributed by atoms with E-state index in [1.807, 2.05) is 18.2 Å². The average molecular weight is 831 g/mol. The van der Waals surface area contributed by atoms with Gasteiger partial charge in [-0.05, 0) is 64.2 Å². The molecular weight excluding hydrogens is 749 g/mol. The van der Waals surface area contributed by atoms with Gasteiger partial charge < -0.3 is 39.4 Å². The van der Waals surface area contributed by atoms with Gasteiger partial charge in [-0.3, -0.25) is 9.59 Å². The van der Waals surface area contributed by atoms with Crippen molar-refractivity contribution < 1.29 is 49.0 Å². The third kappa shape index (κ3) is 30.8. The first-order valence-corrected chi connectivity index (χ1v) is 23.0. The van der Waals surface area contributed by atoms with E-state index in [1.165, 1.54) is 83.5 Å². The van der Waals surface area contributed by atoms with E-state index in [1.54, 1.807) is 0 Å². The lowest BCUT2D eigenvalue weighted by Crippen LogP contribution is -2.59. The molecule has 0 aliphatic carbocycles. The number of esters is 2. The molecule has 4 N–H and O–H groups in total. The monoisotopic (exact) mass is 831 g/mol. The Hall–Kier alpha value is -2.86. The Morgan fingerprint density at radius 2 is 1.07 bits per heavy atom. The summed E-state index contributed by atoms with van der Waals surface area (Å²) in [5.74, 6) is -0.909. The van der Waals surface area contributed by atoms with Gasteiger partial charge in [-0.25, -0.2) is 0 Å². The number of carbonyl (C=O) groups excluding carboxylic acids is 2. The third-order valence-corrected chi connectivity index (χ3v) is 10.2. The normalized spacial score (nSPS) is 20.5. The second-order valence-corrected chi connectivity index (χ2v) is 15.6. The summed E-state index contributed by atoms with van der Waals surface area (Å²) < 4.78 is 22.1. The van der Waals surface area contributed by atoms with Crippen LogP contribution in [-0.2, 0) is 28.5 Å². The maximum atomic E-state index is 12.7. The maximum Gasteiger partial charge on any atom is 0.306 e. The first-order chi connectivity index (χ1) is 28.8. The molecule has 0 aromatic heterocycles. The predicted octanol–water partition coefficient (Wildman–Crippen LogP) is 10.00. The molecule has 338 valence electrons. The van der Waals surface area contributed by atoms with E-state index in [0.717, 1.165) is 51.4 Å². The first-order valence-electron chi connectivity index (χ1n) is 23.0. The van der Waals surface area contributed by atoms with Crippen LogP contribution in [0.5, 0.6) is 0 Å². The van der Waals surface area contributed by atoms with Crippen LogP contribution in [0.1, 0.15) is 167 Å². The predicted molar refractivity (Wildman–Crippen MR) is 238 cm³/mol. The Bertz CT molecular complexity index is 1180. The molecule has 0 bridgehead atoms. The highest BCUT2D eigenvalue weighted by Gasteiger charge is 2.44. The molecule has 0 amide bonds. The number of ether oxygens (including phenoxy) is 4. The van der Waals surface area contributed by atoms with Crippen molar-refractivity contribution in [3.63, 3.8) is 0 Å². The molecule has 59 heavy (non-hydrogen) atoms. The van der Waals surface area contributed by atoms with Crippen molar-refractivity contribution in [2.24, 2.45) is 0 Å². The van der Waals surface area contributed by atoms with E-state index >= 15 is 0 Å². The molecule has 0 aromatic rings. The molecule has 1 saturated heterocycles. The average Bonchev–Trinajstić information content (AvgIpc) is 3.23. The maximum absolute atomic E-state index is 12.7. The zero-order valence-electron chi connectivity index (χ0n) is 36.6. The largest absolute Gasteiger partial charge is 0.462 e. The van der Waals surface area contributed by atoms with Crippen LogP contribution >= 0.6 is 0 Å². The SMILES string of the molecule is C=CCCCCCCCCCCCCCCCC(=O)OC[C@H](CO[C@@H]1O[C@H](CO)[C@H](O)C(O)C1O)OC(=O)CC/C=C/C/C=C/C/C=C/C/C=C/C/C=C/CCCCC. The third-order valence-electron chi connectivity index (χ3n) is 10.2. The van der Waals surface area contributed by atoms with Crippen molar-refractivity contribution in [3.8, 4) is 0 Å². The zero-order chi connectivity index (χ0) is 43.0. The number of carbonyl (C=O) groups is 2. The van der Waals surface area contributed by atoms with E-state index in [4.69, 9.17) is 18.9 Å². The zero-order valence-corrected chi connectivity index (χ0v) is 36.6. The van der Waals surface area contributed by atoms with Crippen molar-refractivity contribution in [3.05, 3.63) is 73.4 Å². The standard InChI is InChI=1S/C49H82O10/c1-3-5-7-9-11-13-15-17-19-20-21-22-24-26-28-30-32-34-36-38-45(52)58-42(41-57-49-48(55)47(54)46(53)43(39-50)59-49)40-56-44(51)37-35-33-31-29-27-25-23-18-16-14-12-10-8-6-4-2/h4,11,13,17,19,21-22,26,28,32,34,42-43,46-50,53-55H,2-3,5-10,12,14-16,18,20,23-25,27,29-31,33,35-41H2,1H3/b13-11+,19-17+,22-21+,28-26+,34-32+/t42-,43-,46+,47?,48?,49-/m1/s1. The summed E-state index contributed by atoms with van der Waals surface area (Å²) in [4.78, 5) is 25.3. The van der Waals surface area contributed by atoms with E-state index in [9.17, 15) is 30.0 Å². The quantitative estimate of drug-likeness (QED) is 0.0269. The molecule has 2 unspecified atom stereocenters. The molecule has 1 fully saturated rings. The highest BCUT2D eigenvalue weighted by Crippen LogP contribution is 2.22. The molecule has 1 aliphatic rings. The smallest absolute Gasteiger partial charge is 0.306 e. The van der Waals surface area contributed by atoms with Gasteiger partial charge in [0.15, 0.2) is 12.4 Å². The van der Waals surface area contributed by atoms with Crippen LogP contribution in [0.2, 0.25) is 0 Å². The number of allylic oxidation sites excluding steroid dienone is 11. The van der Waals surface area contributed by atoms with Crippen LogP contribution in [-0.4, -0.2) is 89.0 Å². The van der Waals surface area contributed by atoms with Gasteiger partial charge in [-0.2, -0.15) is 0 Å². The lowest BCUT2D eigenvalue weighted by Gasteiger charge is -2.39. The minimum absolute atomic E-state index is 0.103. The molecular formula is C49H82O10. The minimum Gasteiger partial charge on any atom is -0.462 e. The van der Waals surface area contributed by atoms with Gasteiger partial charge in [-0.1, -0.05) is 157 Å². The van der Waals surface area contributed by atoms with Crippen LogP contribution in [0.15, 0.2) is 73.4 Å². The number of hydrogen-bond acceptors (Lipinski definition) is 10. The van der Waals surface area contributed by atoms with E-state index in [-0.39, 0.29) is 26.1 Å². The Balaban J connectivity index is 2.38. The Labute approximate surface area is 357 Å². The molecule has 10 nitrogen and oxygen atoms in total. The van der Waals surface area contributed by atoms with Gasteiger partial charge in [0, 0.05) is 12.8 Å². The van der Waals surface area contributed by atoms with Crippen LogP contribution in [0.3, 0.4) is 0 Å².